The van der Waals surface area contributed by atoms with Crippen LogP contribution in [-0.2, 0) is 30.9 Å². The molecular formula is C25H29N3O5S2. The summed E-state index contributed by atoms with van der Waals surface area (Å²) >= 11 is 1.35. The van der Waals surface area contributed by atoms with Crippen LogP contribution in [-0.4, -0.2) is 48.9 Å². The Balaban J connectivity index is 1.68. The van der Waals surface area contributed by atoms with Crippen molar-refractivity contribution in [2.45, 2.75) is 45.1 Å². The first-order chi connectivity index (χ1) is 16.7. The van der Waals surface area contributed by atoms with Crippen LogP contribution in [0.25, 0.3) is 10.2 Å². The SMILES string of the molecule is CCOC(=O)Cn1c(=NC(=O)C2CCCN(S(=O)(=O)c3ccccc3)C2)sc2c(C)cc(C)cc21. The lowest BCUT2D eigenvalue weighted by Crippen LogP contribution is -2.42. The number of ether oxygens (including phenoxy) is 1. The highest BCUT2D eigenvalue weighted by Gasteiger charge is 2.33. The normalized spacial score (nSPS) is 17.6. The monoisotopic (exact) mass is 515 g/mol. The predicted octanol–water partition coefficient (Wildman–Crippen LogP) is 3.41. The Labute approximate surface area is 208 Å². The minimum atomic E-state index is -3.69. The van der Waals surface area contributed by atoms with Crippen LogP contribution in [0.15, 0.2) is 52.4 Å². The van der Waals surface area contributed by atoms with Crippen molar-refractivity contribution in [3.05, 3.63) is 58.4 Å². The fraction of sp³-hybridized carbons (Fsp3) is 0.400. The van der Waals surface area contributed by atoms with E-state index in [9.17, 15) is 18.0 Å². The van der Waals surface area contributed by atoms with Gasteiger partial charge in [-0.1, -0.05) is 35.6 Å². The van der Waals surface area contributed by atoms with E-state index in [-0.39, 0.29) is 30.5 Å². The summed E-state index contributed by atoms with van der Waals surface area (Å²) in [6, 6.07) is 12.3. The van der Waals surface area contributed by atoms with Gasteiger partial charge in [-0.25, -0.2) is 8.42 Å². The Kier molecular flexibility index (Phi) is 7.53. The van der Waals surface area contributed by atoms with Crippen molar-refractivity contribution in [1.82, 2.24) is 8.87 Å². The summed E-state index contributed by atoms with van der Waals surface area (Å²) in [6.45, 7) is 6.37. The first kappa shape index (κ1) is 25.3. The number of esters is 1. The van der Waals surface area contributed by atoms with Crippen LogP contribution in [0.4, 0.5) is 0 Å². The molecule has 1 unspecified atom stereocenters. The van der Waals surface area contributed by atoms with Crippen molar-refractivity contribution in [1.29, 1.82) is 0 Å². The second-order valence-electron chi connectivity index (χ2n) is 8.67. The van der Waals surface area contributed by atoms with E-state index in [4.69, 9.17) is 4.74 Å². The molecule has 1 atom stereocenters. The number of hydrogen-bond acceptors (Lipinski definition) is 6. The Morgan fingerprint density at radius 2 is 1.91 bits per heavy atom. The molecule has 2 heterocycles. The fourth-order valence-electron chi connectivity index (χ4n) is 4.38. The molecule has 0 bridgehead atoms. The molecule has 0 spiro atoms. The molecule has 1 aliphatic rings. The van der Waals surface area contributed by atoms with Gasteiger partial charge in [0.15, 0.2) is 4.80 Å². The molecule has 8 nitrogen and oxygen atoms in total. The lowest BCUT2D eigenvalue weighted by Gasteiger charge is -2.30. The second kappa shape index (κ2) is 10.4. The fourth-order valence-corrected chi connectivity index (χ4v) is 7.01. The molecule has 35 heavy (non-hydrogen) atoms. The van der Waals surface area contributed by atoms with Gasteiger partial charge in [0, 0.05) is 13.1 Å². The van der Waals surface area contributed by atoms with E-state index < -0.39 is 21.9 Å². The summed E-state index contributed by atoms with van der Waals surface area (Å²) in [5, 5.41) is 0. The van der Waals surface area contributed by atoms with Gasteiger partial charge in [-0.05, 0) is 62.9 Å². The van der Waals surface area contributed by atoms with Gasteiger partial charge in [0.25, 0.3) is 5.91 Å². The summed E-state index contributed by atoms with van der Waals surface area (Å²) < 4.78 is 35.3. The summed E-state index contributed by atoms with van der Waals surface area (Å²) in [5.74, 6) is -1.33. The maximum atomic E-state index is 13.3. The highest BCUT2D eigenvalue weighted by atomic mass is 32.2. The van der Waals surface area contributed by atoms with Crippen LogP contribution in [0.1, 0.15) is 30.9 Å². The summed E-state index contributed by atoms with van der Waals surface area (Å²) in [6.07, 6.45) is 1.13. The Morgan fingerprint density at radius 3 is 2.63 bits per heavy atom. The lowest BCUT2D eigenvalue weighted by atomic mass is 9.99. The standard InChI is InChI=1S/C25H29N3O5S2/c1-4-33-22(29)16-28-21-14-17(2)13-18(3)23(21)34-25(28)26-24(30)19-9-8-12-27(15-19)35(31,32)20-10-6-5-7-11-20/h5-7,10-11,13-14,19H,4,8-9,12,15-16H2,1-3H3. The Morgan fingerprint density at radius 1 is 1.17 bits per heavy atom. The number of benzene rings is 2. The summed E-state index contributed by atoms with van der Waals surface area (Å²) in [7, 11) is -3.69. The van der Waals surface area contributed by atoms with Gasteiger partial charge in [0.2, 0.25) is 10.0 Å². The molecule has 1 aliphatic heterocycles. The third-order valence-electron chi connectivity index (χ3n) is 6.03. The summed E-state index contributed by atoms with van der Waals surface area (Å²) in [4.78, 5) is 30.6. The number of carbonyl (C=O) groups is 2. The molecule has 0 radical (unpaired) electrons. The first-order valence-corrected chi connectivity index (χ1v) is 13.9. The highest BCUT2D eigenvalue weighted by Crippen LogP contribution is 2.26. The van der Waals surface area contributed by atoms with Gasteiger partial charge in [0.05, 0.1) is 27.6 Å². The average Bonchev–Trinajstić information content (AvgIpc) is 3.17. The molecule has 10 heteroatoms. The molecule has 0 saturated carbocycles. The number of carbonyl (C=O) groups excluding carboxylic acids is 2. The van der Waals surface area contributed by atoms with E-state index in [0.717, 1.165) is 21.3 Å². The zero-order chi connectivity index (χ0) is 25.2. The van der Waals surface area contributed by atoms with Crippen molar-refractivity contribution in [2.24, 2.45) is 10.9 Å². The Bertz CT molecular complexity index is 1420. The lowest BCUT2D eigenvalue weighted by molar-refractivity contribution is -0.143. The van der Waals surface area contributed by atoms with Crippen molar-refractivity contribution < 1.29 is 22.7 Å². The zero-order valence-electron chi connectivity index (χ0n) is 20.1. The third-order valence-corrected chi connectivity index (χ3v) is 9.14. The zero-order valence-corrected chi connectivity index (χ0v) is 21.7. The minimum absolute atomic E-state index is 0.0535. The first-order valence-electron chi connectivity index (χ1n) is 11.6. The molecule has 0 N–H and O–H groups in total. The van der Waals surface area contributed by atoms with E-state index in [1.807, 2.05) is 26.0 Å². The number of nitrogens with zero attached hydrogens (tertiary/aromatic N) is 3. The predicted molar refractivity (Wildman–Crippen MR) is 134 cm³/mol. The van der Waals surface area contributed by atoms with Gasteiger partial charge < -0.3 is 9.30 Å². The maximum Gasteiger partial charge on any atom is 0.326 e. The molecule has 0 aliphatic carbocycles. The van der Waals surface area contributed by atoms with Crippen LogP contribution in [0.3, 0.4) is 0 Å². The van der Waals surface area contributed by atoms with Crippen LogP contribution in [0, 0.1) is 19.8 Å². The van der Waals surface area contributed by atoms with Crippen molar-refractivity contribution in [2.75, 3.05) is 19.7 Å². The van der Waals surface area contributed by atoms with Crippen LogP contribution in [0.2, 0.25) is 0 Å². The molecule has 1 fully saturated rings. The van der Waals surface area contributed by atoms with Crippen molar-refractivity contribution >= 4 is 43.5 Å². The van der Waals surface area contributed by atoms with Crippen LogP contribution in [0.5, 0.6) is 0 Å². The number of aromatic nitrogens is 1. The largest absolute Gasteiger partial charge is 0.465 e. The van der Waals surface area contributed by atoms with Gasteiger partial charge in [-0.15, -0.1) is 0 Å². The number of piperidine rings is 1. The second-order valence-corrected chi connectivity index (χ2v) is 11.6. The number of rotatable bonds is 6. The van der Waals surface area contributed by atoms with Gasteiger partial charge in [-0.2, -0.15) is 9.30 Å². The molecule has 186 valence electrons. The molecular weight excluding hydrogens is 486 g/mol. The van der Waals surface area contributed by atoms with E-state index in [0.29, 0.717) is 24.2 Å². The number of aryl methyl sites for hydroxylation is 2. The minimum Gasteiger partial charge on any atom is -0.465 e. The van der Waals surface area contributed by atoms with E-state index >= 15 is 0 Å². The molecule has 4 rings (SSSR count). The Hall–Kier alpha value is -2.82. The smallest absolute Gasteiger partial charge is 0.326 e. The molecule has 1 saturated heterocycles. The average molecular weight is 516 g/mol. The van der Waals surface area contributed by atoms with Gasteiger partial charge >= 0.3 is 5.97 Å². The van der Waals surface area contributed by atoms with E-state index in [2.05, 4.69) is 4.99 Å². The van der Waals surface area contributed by atoms with Crippen LogP contribution < -0.4 is 4.80 Å². The van der Waals surface area contributed by atoms with Crippen LogP contribution >= 0.6 is 11.3 Å². The summed E-state index contributed by atoms with van der Waals surface area (Å²) in [5.41, 5.74) is 2.90. The van der Waals surface area contributed by atoms with Gasteiger partial charge in [0.1, 0.15) is 6.54 Å². The number of sulfonamides is 1. The quantitative estimate of drug-likeness (QED) is 0.469. The number of fused-ring (bicyclic) bond motifs is 1. The third kappa shape index (κ3) is 5.39. The number of amides is 1. The topological polar surface area (TPSA) is 98.0 Å². The van der Waals surface area contributed by atoms with Crippen molar-refractivity contribution in [3.63, 3.8) is 0 Å². The molecule has 2 aromatic carbocycles. The van der Waals surface area contributed by atoms with E-state index in [1.165, 1.54) is 15.6 Å². The maximum absolute atomic E-state index is 13.3. The van der Waals surface area contributed by atoms with E-state index in [1.54, 1.807) is 41.8 Å². The number of thiazole rings is 1. The molecule has 1 aromatic heterocycles. The van der Waals surface area contributed by atoms with Crippen molar-refractivity contribution in [3.8, 4) is 0 Å². The van der Waals surface area contributed by atoms with Gasteiger partial charge in [-0.3, -0.25) is 9.59 Å². The molecule has 3 aromatic rings. The highest BCUT2D eigenvalue weighted by molar-refractivity contribution is 7.89. The number of hydrogen-bond donors (Lipinski definition) is 0. The molecule has 1 amide bonds.